The first-order valence-corrected chi connectivity index (χ1v) is 6.70. The van der Waals surface area contributed by atoms with Gasteiger partial charge < -0.3 is 11.1 Å². The average molecular weight is 277 g/mol. The number of carbonyl (C=O) groups excluding carboxylic acids is 1. The number of anilines is 2. The number of nitrogen functional groups attached to an aromatic ring is 1. The number of aryl methyl sites for hydroxylation is 2. The second kappa shape index (κ2) is 5.75. The summed E-state index contributed by atoms with van der Waals surface area (Å²) in [5, 5.41) is 9.68. The van der Waals surface area contributed by atoms with Crippen molar-refractivity contribution in [1.82, 2.24) is 15.2 Å². The molecular weight excluding hydrogens is 262 g/mol. The van der Waals surface area contributed by atoms with Gasteiger partial charge in [-0.25, -0.2) is 5.10 Å². The van der Waals surface area contributed by atoms with Crippen molar-refractivity contribution in [3.8, 4) is 0 Å². The van der Waals surface area contributed by atoms with Gasteiger partial charge in [0.05, 0.1) is 5.75 Å². The van der Waals surface area contributed by atoms with Crippen LogP contribution < -0.4 is 11.1 Å². The van der Waals surface area contributed by atoms with Crippen molar-refractivity contribution in [3.05, 3.63) is 29.3 Å². The Labute approximate surface area is 115 Å². The van der Waals surface area contributed by atoms with Crippen LogP contribution in [0.25, 0.3) is 0 Å². The number of amides is 1. The molecule has 19 heavy (non-hydrogen) atoms. The van der Waals surface area contributed by atoms with Crippen LogP contribution in [-0.4, -0.2) is 26.8 Å². The van der Waals surface area contributed by atoms with E-state index in [-0.39, 0.29) is 17.6 Å². The Balaban J connectivity index is 1.90. The van der Waals surface area contributed by atoms with Crippen LogP contribution in [0.3, 0.4) is 0 Å². The SMILES string of the molecule is Cc1cc(C)cc(NC(=O)CSc2n[nH]c(N)n2)c1. The van der Waals surface area contributed by atoms with Gasteiger partial charge >= 0.3 is 0 Å². The van der Waals surface area contributed by atoms with Crippen molar-refractivity contribution in [2.45, 2.75) is 19.0 Å². The maximum atomic E-state index is 11.8. The minimum atomic E-state index is -0.0987. The lowest BCUT2D eigenvalue weighted by Gasteiger charge is -2.06. The fourth-order valence-corrected chi connectivity index (χ4v) is 2.30. The molecule has 7 heteroatoms. The van der Waals surface area contributed by atoms with Gasteiger partial charge in [0.15, 0.2) is 0 Å². The molecule has 0 fully saturated rings. The number of nitrogens with zero attached hydrogens (tertiary/aromatic N) is 2. The van der Waals surface area contributed by atoms with Gasteiger partial charge in [0.1, 0.15) is 0 Å². The normalized spacial score (nSPS) is 10.4. The highest BCUT2D eigenvalue weighted by molar-refractivity contribution is 7.99. The maximum absolute atomic E-state index is 11.8. The molecule has 100 valence electrons. The summed E-state index contributed by atoms with van der Waals surface area (Å²) in [5.74, 6) is 0.389. The third-order valence-electron chi connectivity index (χ3n) is 2.32. The number of rotatable bonds is 4. The molecule has 6 nitrogen and oxygen atoms in total. The van der Waals surface area contributed by atoms with Crippen LogP contribution in [-0.2, 0) is 4.79 Å². The Morgan fingerprint density at radius 3 is 2.63 bits per heavy atom. The predicted octanol–water partition coefficient (Wildman–Crippen LogP) is 1.73. The zero-order valence-corrected chi connectivity index (χ0v) is 11.5. The van der Waals surface area contributed by atoms with E-state index in [0.29, 0.717) is 5.16 Å². The zero-order chi connectivity index (χ0) is 13.8. The summed E-state index contributed by atoms with van der Waals surface area (Å²) < 4.78 is 0. The highest BCUT2D eigenvalue weighted by atomic mass is 32.2. The molecule has 0 aliphatic heterocycles. The topological polar surface area (TPSA) is 96.7 Å². The van der Waals surface area contributed by atoms with Crippen LogP contribution in [0, 0.1) is 13.8 Å². The van der Waals surface area contributed by atoms with Gasteiger partial charge in [-0.05, 0) is 37.1 Å². The number of aromatic amines is 1. The van der Waals surface area contributed by atoms with Crippen molar-refractivity contribution in [3.63, 3.8) is 0 Å². The first kappa shape index (κ1) is 13.4. The van der Waals surface area contributed by atoms with Crippen LogP contribution in [0.4, 0.5) is 11.6 Å². The molecule has 0 saturated heterocycles. The van der Waals surface area contributed by atoms with Crippen LogP contribution in [0.15, 0.2) is 23.4 Å². The number of aromatic nitrogens is 3. The van der Waals surface area contributed by atoms with E-state index in [9.17, 15) is 4.79 Å². The van der Waals surface area contributed by atoms with Gasteiger partial charge in [-0.3, -0.25) is 4.79 Å². The van der Waals surface area contributed by atoms with Gasteiger partial charge in [0.25, 0.3) is 0 Å². The molecule has 0 aliphatic rings. The molecule has 4 N–H and O–H groups in total. The molecule has 1 aromatic carbocycles. The van der Waals surface area contributed by atoms with Crippen molar-refractivity contribution in [1.29, 1.82) is 0 Å². The van der Waals surface area contributed by atoms with E-state index in [0.717, 1.165) is 16.8 Å². The number of carbonyl (C=O) groups is 1. The second-order valence-corrected chi connectivity index (χ2v) is 5.16. The molecule has 2 aromatic rings. The van der Waals surface area contributed by atoms with Gasteiger partial charge in [-0.2, -0.15) is 4.98 Å². The van der Waals surface area contributed by atoms with E-state index in [4.69, 9.17) is 5.73 Å². The molecule has 0 bridgehead atoms. The van der Waals surface area contributed by atoms with Crippen LogP contribution in [0.1, 0.15) is 11.1 Å². The Morgan fingerprint density at radius 2 is 2.05 bits per heavy atom. The molecule has 1 heterocycles. The fraction of sp³-hybridized carbons (Fsp3) is 0.250. The standard InChI is InChI=1S/C12H15N5OS/c1-7-3-8(2)5-9(4-7)14-10(18)6-19-12-15-11(13)16-17-12/h3-5H,6H2,1-2H3,(H,14,18)(H3,13,15,16,17). The van der Waals surface area contributed by atoms with Gasteiger partial charge in [-0.15, -0.1) is 5.10 Å². The largest absolute Gasteiger partial charge is 0.368 e. The van der Waals surface area contributed by atoms with E-state index in [1.165, 1.54) is 11.8 Å². The first-order valence-electron chi connectivity index (χ1n) is 5.72. The molecule has 0 aliphatic carbocycles. The minimum absolute atomic E-state index is 0.0987. The first-order chi connectivity index (χ1) is 9.02. The number of hydrogen-bond donors (Lipinski definition) is 3. The molecule has 0 radical (unpaired) electrons. The number of nitrogens with two attached hydrogens (primary N) is 1. The molecule has 1 aromatic heterocycles. The Bertz CT molecular complexity index is 575. The van der Waals surface area contributed by atoms with E-state index in [1.807, 2.05) is 26.0 Å². The fourth-order valence-electron chi connectivity index (χ4n) is 1.70. The van der Waals surface area contributed by atoms with Crippen LogP contribution in [0.2, 0.25) is 0 Å². The highest BCUT2D eigenvalue weighted by Gasteiger charge is 2.07. The van der Waals surface area contributed by atoms with Crippen LogP contribution in [0.5, 0.6) is 0 Å². The lowest BCUT2D eigenvalue weighted by atomic mass is 10.1. The Hall–Kier alpha value is -2.02. The molecule has 0 atom stereocenters. The molecular formula is C12H15N5OS. The summed E-state index contributed by atoms with van der Waals surface area (Å²) >= 11 is 1.23. The van der Waals surface area contributed by atoms with E-state index in [1.54, 1.807) is 0 Å². The molecule has 1 amide bonds. The smallest absolute Gasteiger partial charge is 0.234 e. The van der Waals surface area contributed by atoms with E-state index < -0.39 is 0 Å². The highest BCUT2D eigenvalue weighted by Crippen LogP contribution is 2.16. The lowest BCUT2D eigenvalue weighted by Crippen LogP contribution is -2.14. The average Bonchev–Trinajstić information content (AvgIpc) is 2.71. The monoisotopic (exact) mass is 277 g/mol. The van der Waals surface area contributed by atoms with Gasteiger partial charge in [-0.1, -0.05) is 17.8 Å². The quantitative estimate of drug-likeness (QED) is 0.740. The third kappa shape index (κ3) is 3.99. The molecule has 0 unspecified atom stereocenters. The summed E-state index contributed by atoms with van der Waals surface area (Å²) in [7, 11) is 0. The van der Waals surface area contributed by atoms with Gasteiger partial charge in [0.2, 0.25) is 17.0 Å². The minimum Gasteiger partial charge on any atom is -0.368 e. The Morgan fingerprint density at radius 1 is 1.37 bits per heavy atom. The summed E-state index contributed by atoms with van der Waals surface area (Å²) in [6.07, 6.45) is 0. The summed E-state index contributed by atoms with van der Waals surface area (Å²) in [6, 6.07) is 5.92. The van der Waals surface area contributed by atoms with E-state index >= 15 is 0 Å². The van der Waals surface area contributed by atoms with Crippen molar-refractivity contribution in [2.24, 2.45) is 0 Å². The summed E-state index contributed by atoms with van der Waals surface area (Å²) in [5.41, 5.74) is 8.43. The Kier molecular flexibility index (Phi) is 4.06. The summed E-state index contributed by atoms with van der Waals surface area (Å²) in [6.45, 7) is 3.99. The third-order valence-corrected chi connectivity index (χ3v) is 3.17. The number of hydrogen-bond acceptors (Lipinski definition) is 5. The predicted molar refractivity (Wildman–Crippen MR) is 76.1 cm³/mol. The number of thioether (sulfide) groups is 1. The number of H-pyrrole nitrogens is 1. The summed E-state index contributed by atoms with van der Waals surface area (Å²) in [4.78, 5) is 15.7. The van der Waals surface area contributed by atoms with Crippen molar-refractivity contribution >= 4 is 29.3 Å². The van der Waals surface area contributed by atoms with Crippen LogP contribution >= 0.6 is 11.8 Å². The van der Waals surface area contributed by atoms with E-state index in [2.05, 4.69) is 26.6 Å². The van der Waals surface area contributed by atoms with Gasteiger partial charge in [0, 0.05) is 5.69 Å². The zero-order valence-electron chi connectivity index (χ0n) is 10.7. The number of benzene rings is 1. The molecule has 0 spiro atoms. The molecule has 2 rings (SSSR count). The van der Waals surface area contributed by atoms with Crippen molar-refractivity contribution < 1.29 is 4.79 Å². The lowest BCUT2D eigenvalue weighted by molar-refractivity contribution is -0.113. The second-order valence-electron chi connectivity index (χ2n) is 4.22. The molecule has 0 saturated carbocycles. The van der Waals surface area contributed by atoms with Crippen molar-refractivity contribution in [2.75, 3.05) is 16.8 Å². The maximum Gasteiger partial charge on any atom is 0.234 e. The number of nitrogens with one attached hydrogen (secondary N) is 2.